The zero-order chi connectivity index (χ0) is 26.5. The van der Waals surface area contributed by atoms with E-state index in [-0.39, 0.29) is 35.3 Å². The number of aliphatic hydroxyl groups excluding tert-OH is 1. The monoisotopic (exact) mass is 556 g/mol. The topological polar surface area (TPSA) is 96.4 Å². The van der Waals surface area contributed by atoms with Crippen LogP contribution in [-0.4, -0.2) is 86.6 Å². The van der Waals surface area contributed by atoms with Crippen LogP contribution in [-0.2, 0) is 23.9 Å². The summed E-state index contributed by atoms with van der Waals surface area (Å²) < 4.78 is 11.8. The molecule has 1 N–H and O–H groups in total. The summed E-state index contributed by atoms with van der Waals surface area (Å²) in [6.45, 7) is 17.9. The number of amides is 2. The molecule has 35 heavy (non-hydrogen) atoms. The lowest BCUT2D eigenvalue weighted by molar-refractivity contribution is -0.157. The summed E-state index contributed by atoms with van der Waals surface area (Å²) in [4.78, 5) is 44.4. The highest BCUT2D eigenvalue weighted by atomic mass is 79.9. The Morgan fingerprint density at radius 1 is 1.37 bits per heavy atom. The second-order valence-electron chi connectivity index (χ2n) is 12.0. The Balaban J connectivity index is 2.12. The third-order valence-electron chi connectivity index (χ3n) is 7.53. The quantitative estimate of drug-likeness (QED) is 0.266. The van der Waals surface area contributed by atoms with Gasteiger partial charge in [-0.1, -0.05) is 42.8 Å². The molecule has 7 atom stereocenters. The molecule has 3 heterocycles. The first kappa shape index (κ1) is 28.1. The van der Waals surface area contributed by atoms with Gasteiger partial charge >= 0.3 is 5.97 Å². The van der Waals surface area contributed by atoms with E-state index < -0.39 is 47.1 Å². The molecule has 198 valence electrons. The van der Waals surface area contributed by atoms with Crippen molar-refractivity contribution in [2.24, 2.45) is 17.3 Å². The van der Waals surface area contributed by atoms with E-state index >= 15 is 0 Å². The Labute approximate surface area is 217 Å². The molecule has 9 heteroatoms. The van der Waals surface area contributed by atoms with Crippen molar-refractivity contribution in [3.8, 4) is 0 Å². The molecule has 0 aliphatic carbocycles. The lowest BCUT2D eigenvalue weighted by atomic mass is 9.70. The third-order valence-corrected chi connectivity index (χ3v) is 8.37. The van der Waals surface area contributed by atoms with Gasteiger partial charge in [0.1, 0.15) is 11.6 Å². The third kappa shape index (κ3) is 4.68. The number of alkyl halides is 1. The number of carbonyl (C=O) groups excluding carboxylic acids is 3. The van der Waals surface area contributed by atoms with Crippen molar-refractivity contribution >= 4 is 33.7 Å². The molecular weight excluding hydrogens is 516 g/mol. The van der Waals surface area contributed by atoms with Crippen molar-refractivity contribution in [1.29, 1.82) is 0 Å². The number of rotatable bonds is 9. The normalized spacial score (nSPS) is 33.0. The summed E-state index contributed by atoms with van der Waals surface area (Å²) in [5, 5.41) is 10.0. The summed E-state index contributed by atoms with van der Waals surface area (Å²) >= 11 is 3.65. The number of aliphatic hydroxyl groups is 1. The summed E-state index contributed by atoms with van der Waals surface area (Å²) in [5.41, 5.74) is -1.77. The second-order valence-corrected chi connectivity index (χ2v) is 13.2. The van der Waals surface area contributed by atoms with E-state index in [0.29, 0.717) is 13.0 Å². The summed E-state index contributed by atoms with van der Waals surface area (Å²) in [6, 6.07) is -1.59. The predicted molar refractivity (Wildman–Crippen MR) is 136 cm³/mol. The first-order valence-electron chi connectivity index (χ1n) is 12.5. The van der Waals surface area contributed by atoms with E-state index in [1.54, 1.807) is 24.8 Å². The van der Waals surface area contributed by atoms with E-state index in [9.17, 15) is 19.5 Å². The maximum absolute atomic E-state index is 14.5. The first-order chi connectivity index (χ1) is 16.2. The standard InChI is InChI=1S/C26H41BrN2O6/c1-9-11-28(25(7,8)14-24(4,5)6)22(32)20-26-12-16(27)19(35-26)17(23(33)34-10-2)18(26)21(31)29(20)15(3)13-30/h9,15-20,30H,1,10-14H2,2-8H3/t15-,16?,17-,18+,19-,20?,26?/m1/s1. The van der Waals surface area contributed by atoms with Gasteiger partial charge < -0.3 is 24.4 Å². The van der Waals surface area contributed by atoms with Gasteiger partial charge in [0.15, 0.2) is 0 Å². The molecule has 3 unspecified atom stereocenters. The van der Waals surface area contributed by atoms with Gasteiger partial charge in [-0.05, 0) is 46.0 Å². The molecule has 3 aliphatic rings. The number of ether oxygens (including phenoxy) is 2. The number of likely N-dealkylation sites (tertiary alicyclic amines) is 1. The molecule has 3 rings (SSSR count). The van der Waals surface area contributed by atoms with E-state index in [1.807, 2.05) is 13.8 Å². The van der Waals surface area contributed by atoms with Gasteiger partial charge in [-0.15, -0.1) is 6.58 Å². The highest BCUT2D eigenvalue weighted by molar-refractivity contribution is 9.09. The van der Waals surface area contributed by atoms with E-state index in [1.165, 1.54) is 4.90 Å². The van der Waals surface area contributed by atoms with E-state index in [2.05, 4.69) is 43.3 Å². The van der Waals surface area contributed by atoms with Gasteiger partial charge in [0.05, 0.1) is 37.2 Å². The van der Waals surface area contributed by atoms with Gasteiger partial charge in [-0.3, -0.25) is 14.4 Å². The number of esters is 1. The molecule has 0 aromatic carbocycles. The smallest absolute Gasteiger partial charge is 0.312 e. The van der Waals surface area contributed by atoms with Crippen LogP contribution in [0.4, 0.5) is 0 Å². The van der Waals surface area contributed by atoms with Crippen LogP contribution in [0.15, 0.2) is 12.7 Å². The Bertz CT molecular complexity index is 870. The Kier molecular flexibility index (Phi) is 7.86. The van der Waals surface area contributed by atoms with Gasteiger partial charge in [-0.25, -0.2) is 0 Å². The summed E-state index contributed by atoms with van der Waals surface area (Å²) in [7, 11) is 0. The van der Waals surface area contributed by atoms with Crippen molar-refractivity contribution in [2.45, 2.75) is 95.5 Å². The van der Waals surface area contributed by atoms with Crippen LogP contribution in [0.25, 0.3) is 0 Å². The number of hydrogen-bond acceptors (Lipinski definition) is 6. The molecule has 3 aliphatic heterocycles. The van der Waals surface area contributed by atoms with Gasteiger partial charge in [-0.2, -0.15) is 0 Å². The van der Waals surface area contributed by atoms with Gasteiger partial charge in [0.2, 0.25) is 11.8 Å². The van der Waals surface area contributed by atoms with Crippen molar-refractivity contribution in [2.75, 3.05) is 19.8 Å². The Morgan fingerprint density at radius 2 is 2.00 bits per heavy atom. The van der Waals surface area contributed by atoms with Crippen LogP contribution >= 0.6 is 15.9 Å². The average molecular weight is 558 g/mol. The summed E-state index contributed by atoms with van der Waals surface area (Å²) in [5.74, 6) is -2.71. The molecule has 0 aromatic rings. The number of carbonyl (C=O) groups is 3. The summed E-state index contributed by atoms with van der Waals surface area (Å²) in [6.07, 6.45) is 2.27. The van der Waals surface area contributed by atoms with E-state index in [4.69, 9.17) is 9.47 Å². The van der Waals surface area contributed by atoms with Crippen LogP contribution < -0.4 is 0 Å². The fourth-order valence-electron chi connectivity index (χ4n) is 6.72. The lowest BCUT2D eigenvalue weighted by Gasteiger charge is -2.46. The molecular formula is C26H41BrN2O6. The molecule has 1 spiro atoms. The molecule has 2 bridgehead atoms. The highest BCUT2D eigenvalue weighted by Crippen LogP contribution is 2.60. The number of hydrogen-bond donors (Lipinski definition) is 1. The fourth-order valence-corrected chi connectivity index (χ4v) is 7.66. The minimum Gasteiger partial charge on any atom is -0.466 e. The molecule has 0 aromatic heterocycles. The zero-order valence-electron chi connectivity index (χ0n) is 22.0. The molecule has 0 saturated carbocycles. The molecule has 3 fully saturated rings. The van der Waals surface area contributed by atoms with Crippen LogP contribution in [0.1, 0.15) is 61.3 Å². The highest BCUT2D eigenvalue weighted by Gasteiger charge is 2.77. The second kappa shape index (κ2) is 9.78. The molecule has 0 radical (unpaired) electrons. The zero-order valence-corrected chi connectivity index (χ0v) is 23.6. The molecule has 8 nitrogen and oxygen atoms in total. The SMILES string of the molecule is C=CCN(C(=O)C1N([C@H](C)CO)C(=O)[C@@H]2[C@@H](C(=O)OCC)[C@@H]3OC12CC3Br)C(C)(C)CC(C)(C)C. The largest absolute Gasteiger partial charge is 0.466 e. The van der Waals surface area contributed by atoms with E-state index in [0.717, 1.165) is 6.42 Å². The number of fused-ring (bicyclic) bond motifs is 1. The minimum absolute atomic E-state index is 0.0497. The van der Waals surface area contributed by atoms with Crippen molar-refractivity contribution in [3.63, 3.8) is 0 Å². The Morgan fingerprint density at radius 3 is 2.51 bits per heavy atom. The number of nitrogens with zero attached hydrogens (tertiary/aromatic N) is 2. The maximum Gasteiger partial charge on any atom is 0.312 e. The number of halogens is 1. The van der Waals surface area contributed by atoms with Gasteiger partial charge in [0.25, 0.3) is 0 Å². The Hall–Kier alpha value is -1.45. The minimum atomic E-state index is -1.18. The van der Waals surface area contributed by atoms with Crippen molar-refractivity contribution < 1.29 is 29.0 Å². The van der Waals surface area contributed by atoms with Crippen molar-refractivity contribution in [3.05, 3.63) is 12.7 Å². The van der Waals surface area contributed by atoms with Gasteiger partial charge in [0, 0.05) is 16.9 Å². The van der Waals surface area contributed by atoms with Crippen LogP contribution in [0, 0.1) is 17.3 Å². The van der Waals surface area contributed by atoms with Crippen molar-refractivity contribution in [1.82, 2.24) is 9.80 Å². The predicted octanol–water partition coefficient (Wildman–Crippen LogP) is 2.91. The molecule has 3 saturated heterocycles. The fraction of sp³-hybridized carbons (Fsp3) is 0.808. The average Bonchev–Trinajstić information content (AvgIpc) is 3.32. The maximum atomic E-state index is 14.5. The first-order valence-corrected chi connectivity index (χ1v) is 13.4. The lowest BCUT2D eigenvalue weighted by Crippen LogP contribution is -2.62. The van der Waals surface area contributed by atoms with Crippen LogP contribution in [0.3, 0.4) is 0 Å². The van der Waals surface area contributed by atoms with Crippen LogP contribution in [0.5, 0.6) is 0 Å². The molecule has 2 amide bonds. The van der Waals surface area contributed by atoms with Crippen LogP contribution in [0.2, 0.25) is 0 Å².